The topological polar surface area (TPSA) is 63.9 Å². The molecule has 9 heteroatoms. The molecule has 5 aromatic rings. The lowest BCUT2D eigenvalue weighted by molar-refractivity contribution is 0.101. The van der Waals surface area contributed by atoms with E-state index in [1.54, 1.807) is 28.8 Å². The van der Waals surface area contributed by atoms with Crippen LogP contribution in [-0.2, 0) is 6.54 Å². The van der Waals surface area contributed by atoms with Gasteiger partial charge in [-0.3, -0.25) is 4.79 Å². The molecule has 6 nitrogen and oxygen atoms in total. The Bertz CT molecular complexity index is 1610. The molecule has 0 saturated carbocycles. The number of hydrogen-bond donors (Lipinski definition) is 2. The van der Waals surface area contributed by atoms with E-state index in [0.717, 1.165) is 29.9 Å². The van der Waals surface area contributed by atoms with Crippen LogP contribution < -0.4 is 10.6 Å². The number of rotatable bonds is 4. The molecule has 1 aliphatic heterocycles. The van der Waals surface area contributed by atoms with Crippen LogP contribution in [0.3, 0.4) is 0 Å². The Kier molecular flexibility index (Phi) is 6.14. The summed E-state index contributed by atoms with van der Waals surface area (Å²) in [6.45, 7) is 3.30. The van der Waals surface area contributed by atoms with E-state index >= 15 is 0 Å². The van der Waals surface area contributed by atoms with Crippen molar-refractivity contribution in [3.8, 4) is 0 Å². The maximum Gasteiger partial charge on any atom is 0.272 e. The van der Waals surface area contributed by atoms with Gasteiger partial charge in [-0.1, -0.05) is 12.1 Å². The van der Waals surface area contributed by atoms with Gasteiger partial charge in [0.25, 0.3) is 5.91 Å². The first kappa shape index (κ1) is 23.8. The molecule has 184 valence electrons. The number of imidazole rings is 1. The highest BCUT2D eigenvalue weighted by Crippen LogP contribution is 2.31. The largest absolute Gasteiger partial charge is 0.356 e. The fraction of sp³-hybridized carbons (Fsp3) is 0.185. The van der Waals surface area contributed by atoms with Gasteiger partial charge in [0.2, 0.25) is 5.95 Å². The summed E-state index contributed by atoms with van der Waals surface area (Å²) in [6.07, 6.45) is 0.992. The molecule has 0 saturated heterocycles. The van der Waals surface area contributed by atoms with Gasteiger partial charge in [-0.05, 0) is 73.5 Å². The lowest BCUT2D eigenvalue weighted by atomic mass is 10.2. The van der Waals surface area contributed by atoms with Gasteiger partial charge in [-0.2, -0.15) is 0 Å². The summed E-state index contributed by atoms with van der Waals surface area (Å²) in [5.41, 5.74) is 4.20. The number of fused-ring (bicyclic) bond motifs is 4. The number of nitrogens with zero attached hydrogens (tertiary/aromatic N) is 3. The Labute approximate surface area is 212 Å². The number of amides is 1. The van der Waals surface area contributed by atoms with Crippen molar-refractivity contribution < 1.29 is 13.6 Å². The maximum atomic E-state index is 13.9. The molecule has 0 bridgehead atoms. The van der Waals surface area contributed by atoms with Gasteiger partial charge in [0, 0.05) is 35.7 Å². The second-order valence-electron chi connectivity index (χ2n) is 8.98. The summed E-state index contributed by atoms with van der Waals surface area (Å²) < 4.78 is 31.7. The van der Waals surface area contributed by atoms with Crippen molar-refractivity contribution in [2.24, 2.45) is 0 Å². The van der Waals surface area contributed by atoms with Crippen molar-refractivity contribution in [1.29, 1.82) is 0 Å². The molecule has 36 heavy (non-hydrogen) atoms. The normalized spacial score (nSPS) is 14.8. The standard InChI is InChI=1S/C27H23F2N5O.ClH/c1-16-9-10-30-27-32-22-7-6-21(14-24(22)34(16)27)31-26(35)25-13-18-12-20(29)5-8-23(18)33(25)15-17-3-2-4-19(28)11-17;/h2-8,11-14,16H,9-10,15H2,1H3,(H,30,32)(H,31,35);1H. The van der Waals surface area contributed by atoms with Crippen LogP contribution in [0.2, 0.25) is 0 Å². The number of nitrogens with one attached hydrogen (secondary N) is 2. The number of halogens is 3. The van der Waals surface area contributed by atoms with E-state index in [0.29, 0.717) is 33.9 Å². The van der Waals surface area contributed by atoms with Gasteiger partial charge < -0.3 is 19.8 Å². The number of aromatic nitrogens is 3. The number of carbonyl (C=O) groups is 1. The monoisotopic (exact) mass is 507 g/mol. The van der Waals surface area contributed by atoms with Crippen molar-refractivity contribution in [2.75, 3.05) is 17.2 Å². The van der Waals surface area contributed by atoms with Crippen molar-refractivity contribution in [1.82, 2.24) is 14.1 Å². The molecule has 1 amide bonds. The van der Waals surface area contributed by atoms with Crippen LogP contribution in [0.4, 0.5) is 20.4 Å². The summed E-state index contributed by atoms with van der Waals surface area (Å²) in [4.78, 5) is 18.1. The average molecular weight is 508 g/mol. The van der Waals surface area contributed by atoms with Crippen LogP contribution in [-0.4, -0.2) is 26.6 Å². The van der Waals surface area contributed by atoms with Gasteiger partial charge in [0.1, 0.15) is 17.3 Å². The van der Waals surface area contributed by atoms with Crippen LogP contribution in [0, 0.1) is 11.6 Å². The zero-order valence-corrected chi connectivity index (χ0v) is 20.3. The smallest absolute Gasteiger partial charge is 0.272 e. The zero-order chi connectivity index (χ0) is 24.1. The quantitative estimate of drug-likeness (QED) is 0.297. The predicted molar refractivity (Wildman–Crippen MR) is 140 cm³/mol. The van der Waals surface area contributed by atoms with Crippen LogP contribution in [0.5, 0.6) is 0 Å². The highest BCUT2D eigenvalue weighted by Gasteiger charge is 2.21. The van der Waals surface area contributed by atoms with E-state index in [4.69, 9.17) is 0 Å². The van der Waals surface area contributed by atoms with Crippen LogP contribution in [0.1, 0.15) is 35.4 Å². The maximum absolute atomic E-state index is 13.9. The third-order valence-corrected chi connectivity index (χ3v) is 6.56. The van der Waals surface area contributed by atoms with E-state index in [2.05, 4.69) is 27.1 Å². The third-order valence-electron chi connectivity index (χ3n) is 6.56. The van der Waals surface area contributed by atoms with Gasteiger partial charge in [0.05, 0.1) is 11.0 Å². The minimum absolute atomic E-state index is 0. The average Bonchev–Trinajstić information content (AvgIpc) is 3.37. The zero-order valence-electron chi connectivity index (χ0n) is 19.5. The van der Waals surface area contributed by atoms with Crippen LogP contribution in [0.15, 0.2) is 66.7 Å². The number of benzene rings is 3. The van der Waals surface area contributed by atoms with E-state index in [9.17, 15) is 13.6 Å². The molecule has 0 radical (unpaired) electrons. The molecule has 3 aromatic carbocycles. The molecule has 0 aliphatic carbocycles. The van der Waals surface area contributed by atoms with Gasteiger partial charge in [-0.25, -0.2) is 13.8 Å². The highest BCUT2D eigenvalue weighted by molar-refractivity contribution is 6.07. The van der Waals surface area contributed by atoms with Crippen LogP contribution >= 0.6 is 12.4 Å². The number of anilines is 2. The lowest BCUT2D eigenvalue weighted by Crippen LogP contribution is -2.21. The molecule has 6 rings (SSSR count). The Morgan fingerprint density at radius 3 is 2.72 bits per heavy atom. The summed E-state index contributed by atoms with van der Waals surface area (Å²) in [5, 5.41) is 6.92. The number of carbonyl (C=O) groups excluding carboxylic acids is 1. The third kappa shape index (κ3) is 4.18. The van der Waals surface area contributed by atoms with Crippen LogP contribution in [0.25, 0.3) is 21.9 Å². The first-order valence-electron chi connectivity index (χ1n) is 11.6. The number of hydrogen-bond acceptors (Lipinski definition) is 3. The van der Waals surface area contributed by atoms with Crippen molar-refractivity contribution in [3.05, 3.63) is 89.6 Å². The first-order valence-corrected chi connectivity index (χ1v) is 11.6. The predicted octanol–water partition coefficient (Wildman–Crippen LogP) is 6.37. The fourth-order valence-corrected chi connectivity index (χ4v) is 4.88. The Morgan fingerprint density at radius 2 is 1.89 bits per heavy atom. The van der Waals surface area contributed by atoms with Crippen molar-refractivity contribution in [2.45, 2.75) is 25.9 Å². The SMILES string of the molecule is CC1CCNc2nc3ccc(NC(=O)c4cc5cc(F)ccc5n4Cc4cccc(F)c4)cc3n21.Cl. The van der Waals surface area contributed by atoms with E-state index < -0.39 is 0 Å². The second-order valence-corrected chi connectivity index (χ2v) is 8.98. The second kappa shape index (κ2) is 9.28. The Hall–Kier alpha value is -3.91. The van der Waals surface area contributed by atoms with E-state index in [1.807, 2.05) is 18.2 Å². The molecule has 0 fully saturated rings. The summed E-state index contributed by atoms with van der Waals surface area (Å²) >= 11 is 0. The molecule has 3 heterocycles. The molecule has 2 aromatic heterocycles. The fourth-order valence-electron chi connectivity index (χ4n) is 4.88. The lowest BCUT2D eigenvalue weighted by Gasteiger charge is -2.23. The van der Waals surface area contributed by atoms with Gasteiger partial charge in [0.15, 0.2) is 0 Å². The van der Waals surface area contributed by atoms with E-state index in [-0.39, 0.29) is 36.5 Å². The van der Waals surface area contributed by atoms with Crippen molar-refractivity contribution in [3.63, 3.8) is 0 Å². The van der Waals surface area contributed by atoms with Gasteiger partial charge in [-0.15, -0.1) is 12.4 Å². The summed E-state index contributed by atoms with van der Waals surface area (Å²) in [6, 6.07) is 18.2. The summed E-state index contributed by atoms with van der Waals surface area (Å²) in [7, 11) is 0. The highest BCUT2D eigenvalue weighted by atomic mass is 35.5. The molecular weight excluding hydrogens is 484 g/mol. The molecule has 0 spiro atoms. The van der Waals surface area contributed by atoms with Crippen molar-refractivity contribution >= 4 is 51.9 Å². The Balaban J connectivity index is 0.00000267. The first-order chi connectivity index (χ1) is 17.0. The molecule has 2 N–H and O–H groups in total. The summed E-state index contributed by atoms with van der Waals surface area (Å²) in [5.74, 6) is -0.232. The minimum Gasteiger partial charge on any atom is -0.356 e. The molecule has 1 atom stereocenters. The molecule has 1 aliphatic rings. The molecular formula is C27H24ClF2N5O. The molecule has 1 unspecified atom stereocenters. The Morgan fingerprint density at radius 1 is 1.06 bits per heavy atom. The van der Waals surface area contributed by atoms with Gasteiger partial charge >= 0.3 is 0 Å². The minimum atomic E-state index is -0.383. The van der Waals surface area contributed by atoms with E-state index in [1.165, 1.54) is 24.3 Å².